The highest BCUT2D eigenvalue weighted by Gasteiger charge is 2.43. The van der Waals surface area contributed by atoms with E-state index in [9.17, 15) is 13.6 Å². The van der Waals surface area contributed by atoms with Crippen LogP contribution in [-0.2, 0) is 23.6 Å². The number of hydrogen-bond acceptors (Lipinski definition) is 1. The zero-order chi connectivity index (χ0) is 15.6. The minimum absolute atomic E-state index is 0.0336. The number of carboxylic acids is 1. The van der Waals surface area contributed by atoms with Gasteiger partial charge < -0.3 is 5.11 Å². The summed E-state index contributed by atoms with van der Waals surface area (Å²) >= 11 is 0. The van der Waals surface area contributed by atoms with Gasteiger partial charge in [-0.1, -0.05) is 26.0 Å². The molecule has 0 spiro atoms. The Labute approximate surface area is 118 Å². The summed E-state index contributed by atoms with van der Waals surface area (Å²) in [5.74, 6) is -4.35. The van der Waals surface area contributed by atoms with Gasteiger partial charge in [-0.05, 0) is 43.9 Å². The Morgan fingerprint density at radius 2 is 1.80 bits per heavy atom. The van der Waals surface area contributed by atoms with Gasteiger partial charge in [-0.2, -0.15) is 0 Å². The van der Waals surface area contributed by atoms with E-state index in [1.807, 2.05) is 19.9 Å². The lowest BCUT2D eigenvalue weighted by molar-refractivity contribution is -0.153. The van der Waals surface area contributed by atoms with Crippen molar-refractivity contribution in [1.82, 2.24) is 0 Å². The maximum atomic E-state index is 14.5. The molecule has 0 aliphatic rings. The fourth-order valence-corrected chi connectivity index (χ4v) is 2.22. The number of alkyl halides is 2. The normalized spacial score (nSPS) is 12.5. The number of carboxylic acid groups (broad SMARTS) is 1. The van der Waals surface area contributed by atoms with Crippen molar-refractivity contribution < 1.29 is 18.7 Å². The first kappa shape index (κ1) is 16.6. The molecule has 0 fully saturated rings. The minimum Gasteiger partial charge on any atom is -0.481 e. The van der Waals surface area contributed by atoms with Gasteiger partial charge in [0.15, 0.2) is 0 Å². The lowest BCUT2D eigenvalue weighted by Crippen LogP contribution is -2.31. The molecular formula is C16H22F2O2. The number of rotatable bonds is 6. The Hall–Kier alpha value is -1.45. The molecule has 0 heterocycles. The summed E-state index contributed by atoms with van der Waals surface area (Å²) in [6.07, 6.45) is 0.479. The molecule has 0 aliphatic carbocycles. The molecule has 0 bridgehead atoms. The van der Waals surface area contributed by atoms with Gasteiger partial charge in [0.1, 0.15) is 0 Å². The fourth-order valence-electron chi connectivity index (χ4n) is 2.22. The average molecular weight is 284 g/mol. The van der Waals surface area contributed by atoms with E-state index in [-0.39, 0.29) is 5.56 Å². The SMILES string of the molecule is CCc1ccc(CC)c(C(F)(F)CC(C)(C)C(=O)O)c1. The first-order valence-corrected chi connectivity index (χ1v) is 6.87. The summed E-state index contributed by atoms with van der Waals surface area (Å²) in [6, 6.07) is 5.08. The van der Waals surface area contributed by atoms with Crippen LogP contribution in [0.4, 0.5) is 8.78 Å². The molecule has 112 valence electrons. The van der Waals surface area contributed by atoms with Crippen molar-refractivity contribution in [3.05, 3.63) is 34.9 Å². The second-order valence-electron chi connectivity index (χ2n) is 5.77. The molecule has 0 aromatic heterocycles. The van der Waals surface area contributed by atoms with Crippen LogP contribution < -0.4 is 0 Å². The van der Waals surface area contributed by atoms with Crippen molar-refractivity contribution in [2.24, 2.45) is 5.41 Å². The van der Waals surface area contributed by atoms with Crippen molar-refractivity contribution in [2.45, 2.75) is 52.9 Å². The largest absolute Gasteiger partial charge is 0.481 e. The van der Waals surface area contributed by atoms with Crippen molar-refractivity contribution in [3.63, 3.8) is 0 Å². The number of halogens is 2. The molecule has 2 nitrogen and oxygen atoms in total. The van der Waals surface area contributed by atoms with Crippen LogP contribution in [0.5, 0.6) is 0 Å². The van der Waals surface area contributed by atoms with E-state index in [0.29, 0.717) is 18.4 Å². The third kappa shape index (κ3) is 3.56. The van der Waals surface area contributed by atoms with Crippen molar-refractivity contribution in [2.75, 3.05) is 0 Å². The maximum absolute atomic E-state index is 14.5. The molecule has 1 aromatic carbocycles. The fraction of sp³-hybridized carbons (Fsp3) is 0.562. The summed E-state index contributed by atoms with van der Waals surface area (Å²) in [7, 11) is 0. The number of benzene rings is 1. The van der Waals surface area contributed by atoms with Gasteiger partial charge in [0.05, 0.1) is 5.41 Å². The van der Waals surface area contributed by atoms with Gasteiger partial charge in [-0.3, -0.25) is 4.79 Å². The lowest BCUT2D eigenvalue weighted by atomic mass is 9.82. The zero-order valence-electron chi connectivity index (χ0n) is 12.5. The molecule has 0 amide bonds. The number of hydrogen-bond donors (Lipinski definition) is 1. The molecule has 1 N–H and O–H groups in total. The first-order chi connectivity index (χ1) is 9.14. The predicted molar refractivity (Wildman–Crippen MR) is 75.1 cm³/mol. The predicted octanol–water partition coefficient (Wildman–Crippen LogP) is 4.40. The van der Waals surface area contributed by atoms with E-state index in [1.165, 1.54) is 19.9 Å². The molecule has 20 heavy (non-hydrogen) atoms. The molecule has 4 heteroatoms. The molecule has 0 saturated heterocycles. The van der Waals surface area contributed by atoms with Crippen LogP contribution in [0.25, 0.3) is 0 Å². The Morgan fingerprint density at radius 1 is 1.20 bits per heavy atom. The Bertz CT molecular complexity index is 493. The van der Waals surface area contributed by atoms with Crippen molar-refractivity contribution >= 4 is 5.97 Å². The highest BCUT2D eigenvalue weighted by atomic mass is 19.3. The van der Waals surface area contributed by atoms with Crippen LogP contribution >= 0.6 is 0 Å². The summed E-state index contributed by atoms with van der Waals surface area (Å²) < 4.78 is 29.0. The van der Waals surface area contributed by atoms with Gasteiger partial charge >= 0.3 is 5.97 Å². The molecule has 0 radical (unpaired) electrons. The summed E-state index contributed by atoms with van der Waals surface area (Å²) in [4.78, 5) is 11.1. The van der Waals surface area contributed by atoms with Crippen LogP contribution in [0.15, 0.2) is 18.2 Å². The quantitative estimate of drug-likeness (QED) is 0.840. The minimum atomic E-state index is -3.14. The van der Waals surface area contributed by atoms with Crippen LogP contribution in [0.3, 0.4) is 0 Å². The third-order valence-corrected chi connectivity index (χ3v) is 3.60. The molecule has 0 unspecified atom stereocenters. The standard InChI is InChI=1S/C16H22F2O2/c1-5-11-7-8-12(6-2)13(9-11)16(17,18)10-15(3,4)14(19)20/h7-9H,5-6,10H2,1-4H3,(H,19,20). The maximum Gasteiger partial charge on any atom is 0.309 e. The topological polar surface area (TPSA) is 37.3 Å². The third-order valence-electron chi connectivity index (χ3n) is 3.60. The molecule has 1 rings (SSSR count). The van der Waals surface area contributed by atoms with Crippen LogP contribution in [0.2, 0.25) is 0 Å². The second kappa shape index (κ2) is 5.90. The van der Waals surface area contributed by atoms with Gasteiger partial charge in [-0.25, -0.2) is 8.78 Å². The monoisotopic (exact) mass is 284 g/mol. The van der Waals surface area contributed by atoms with Gasteiger partial charge in [0.25, 0.3) is 5.92 Å². The summed E-state index contributed by atoms with van der Waals surface area (Å²) in [5, 5.41) is 9.05. The van der Waals surface area contributed by atoms with E-state index in [1.54, 1.807) is 6.07 Å². The molecule has 0 atom stereocenters. The Kier molecular flexibility index (Phi) is 4.90. The first-order valence-electron chi connectivity index (χ1n) is 6.87. The van der Waals surface area contributed by atoms with E-state index >= 15 is 0 Å². The smallest absolute Gasteiger partial charge is 0.309 e. The summed E-state index contributed by atoms with van der Waals surface area (Å²) in [5.41, 5.74) is -0.0800. The highest BCUT2D eigenvalue weighted by Crippen LogP contribution is 2.41. The number of carbonyl (C=O) groups is 1. The zero-order valence-corrected chi connectivity index (χ0v) is 12.5. The lowest BCUT2D eigenvalue weighted by Gasteiger charge is -2.27. The Morgan fingerprint density at radius 3 is 2.25 bits per heavy atom. The van der Waals surface area contributed by atoms with E-state index in [0.717, 1.165) is 5.56 Å². The highest BCUT2D eigenvalue weighted by molar-refractivity contribution is 5.73. The van der Waals surface area contributed by atoms with Crippen molar-refractivity contribution in [3.8, 4) is 0 Å². The van der Waals surface area contributed by atoms with Gasteiger partial charge in [0.2, 0.25) is 0 Å². The Balaban J connectivity index is 3.23. The molecular weight excluding hydrogens is 262 g/mol. The van der Waals surface area contributed by atoms with Crippen molar-refractivity contribution in [1.29, 1.82) is 0 Å². The summed E-state index contributed by atoms with van der Waals surface area (Å²) in [6.45, 7) is 6.39. The van der Waals surface area contributed by atoms with Gasteiger partial charge in [-0.15, -0.1) is 0 Å². The second-order valence-corrected chi connectivity index (χ2v) is 5.77. The number of aryl methyl sites for hydroxylation is 2. The average Bonchev–Trinajstić information content (AvgIpc) is 2.36. The van der Waals surface area contributed by atoms with E-state index < -0.39 is 23.7 Å². The van der Waals surface area contributed by atoms with E-state index in [2.05, 4.69) is 0 Å². The van der Waals surface area contributed by atoms with Crippen LogP contribution in [0, 0.1) is 5.41 Å². The molecule has 1 aromatic rings. The van der Waals surface area contributed by atoms with Gasteiger partial charge in [0, 0.05) is 12.0 Å². The number of aliphatic carboxylic acids is 1. The molecule has 0 aliphatic heterocycles. The van der Waals surface area contributed by atoms with Crippen LogP contribution in [-0.4, -0.2) is 11.1 Å². The van der Waals surface area contributed by atoms with Crippen LogP contribution in [0.1, 0.15) is 50.8 Å². The molecule has 0 saturated carbocycles. The van der Waals surface area contributed by atoms with E-state index in [4.69, 9.17) is 5.11 Å².